The van der Waals surface area contributed by atoms with Gasteiger partial charge in [-0.05, 0) is 12.3 Å². The molecular formula is C9H18N4O. The first kappa shape index (κ1) is 9.73. The molecule has 80 valence electrons. The quantitative estimate of drug-likeness (QED) is 0.269. The Hall–Kier alpha value is -0.810. The molecule has 0 aromatic heterocycles. The van der Waals surface area contributed by atoms with Gasteiger partial charge in [-0.2, -0.15) is 0 Å². The van der Waals surface area contributed by atoms with E-state index in [2.05, 4.69) is 15.3 Å². The van der Waals surface area contributed by atoms with Crippen molar-refractivity contribution in [3.63, 3.8) is 0 Å². The predicted octanol–water partition coefficient (Wildman–Crippen LogP) is -0.596. The number of nitrogens with two attached hydrogens (primary N) is 1. The van der Waals surface area contributed by atoms with Crippen molar-refractivity contribution in [2.24, 2.45) is 22.2 Å². The van der Waals surface area contributed by atoms with Crippen LogP contribution in [0.3, 0.4) is 0 Å². The van der Waals surface area contributed by atoms with Crippen molar-refractivity contribution >= 4 is 5.96 Å². The van der Waals surface area contributed by atoms with Gasteiger partial charge in [-0.25, -0.2) is 5.84 Å². The van der Waals surface area contributed by atoms with E-state index in [0.29, 0.717) is 5.41 Å². The molecule has 2 unspecified atom stereocenters. The van der Waals surface area contributed by atoms with E-state index in [-0.39, 0.29) is 0 Å². The summed E-state index contributed by atoms with van der Waals surface area (Å²) in [6, 6.07) is 0. The SMILES string of the molecule is CN=C(NN)N(C)CC12COCC1C2. The summed E-state index contributed by atoms with van der Waals surface area (Å²) in [5, 5.41) is 0. The Bertz CT molecular complexity index is 255. The van der Waals surface area contributed by atoms with E-state index < -0.39 is 0 Å². The maximum atomic E-state index is 5.44. The highest BCUT2D eigenvalue weighted by Gasteiger charge is 2.58. The number of nitrogens with one attached hydrogen (secondary N) is 1. The monoisotopic (exact) mass is 198 g/mol. The average Bonchev–Trinajstić information content (AvgIpc) is 2.69. The Morgan fingerprint density at radius 2 is 2.57 bits per heavy atom. The number of hydrogen-bond acceptors (Lipinski definition) is 3. The third-order valence-corrected chi connectivity index (χ3v) is 3.32. The third-order valence-electron chi connectivity index (χ3n) is 3.32. The van der Waals surface area contributed by atoms with Gasteiger partial charge in [0.05, 0.1) is 13.2 Å². The average molecular weight is 198 g/mol. The van der Waals surface area contributed by atoms with Gasteiger partial charge in [-0.15, -0.1) is 0 Å². The zero-order chi connectivity index (χ0) is 10.2. The zero-order valence-corrected chi connectivity index (χ0v) is 8.79. The summed E-state index contributed by atoms with van der Waals surface area (Å²) in [5.41, 5.74) is 2.99. The van der Waals surface area contributed by atoms with Crippen LogP contribution in [0.5, 0.6) is 0 Å². The Morgan fingerprint density at radius 3 is 3.00 bits per heavy atom. The van der Waals surface area contributed by atoms with Gasteiger partial charge in [-0.1, -0.05) is 0 Å². The van der Waals surface area contributed by atoms with Crippen LogP contribution in [0, 0.1) is 11.3 Å². The second-order valence-electron chi connectivity index (χ2n) is 4.33. The fourth-order valence-electron chi connectivity index (χ4n) is 2.38. The Morgan fingerprint density at radius 1 is 1.79 bits per heavy atom. The molecule has 5 nitrogen and oxygen atoms in total. The molecule has 5 heteroatoms. The van der Waals surface area contributed by atoms with Gasteiger partial charge in [0.25, 0.3) is 0 Å². The molecule has 14 heavy (non-hydrogen) atoms. The van der Waals surface area contributed by atoms with Gasteiger partial charge in [0.2, 0.25) is 5.96 Å². The summed E-state index contributed by atoms with van der Waals surface area (Å²) in [7, 11) is 3.74. The number of fused-ring (bicyclic) bond motifs is 1. The summed E-state index contributed by atoms with van der Waals surface area (Å²) >= 11 is 0. The van der Waals surface area contributed by atoms with Crippen molar-refractivity contribution in [1.29, 1.82) is 0 Å². The van der Waals surface area contributed by atoms with E-state index in [1.165, 1.54) is 6.42 Å². The van der Waals surface area contributed by atoms with E-state index in [1.807, 2.05) is 7.05 Å². The second-order valence-corrected chi connectivity index (χ2v) is 4.33. The summed E-state index contributed by atoms with van der Waals surface area (Å²) < 4.78 is 5.44. The van der Waals surface area contributed by atoms with Crippen LogP contribution in [0.15, 0.2) is 4.99 Å². The molecule has 1 heterocycles. The van der Waals surface area contributed by atoms with Crippen molar-refractivity contribution in [2.75, 3.05) is 33.9 Å². The van der Waals surface area contributed by atoms with E-state index in [0.717, 1.165) is 31.6 Å². The topological polar surface area (TPSA) is 62.9 Å². The van der Waals surface area contributed by atoms with Crippen LogP contribution in [-0.4, -0.2) is 44.7 Å². The van der Waals surface area contributed by atoms with Gasteiger partial charge >= 0.3 is 0 Å². The normalized spacial score (nSPS) is 35.4. The van der Waals surface area contributed by atoms with Gasteiger partial charge in [-0.3, -0.25) is 10.4 Å². The molecule has 2 fully saturated rings. The Labute approximate surface area is 84.3 Å². The first-order valence-corrected chi connectivity index (χ1v) is 4.94. The van der Waals surface area contributed by atoms with Gasteiger partial charge in [0, 0.05) is 26.1 Å². The number of ether oxygens (including phenoxy) is 1. The first-order valence-electron chi connectivity index (χ1n) is 4.94. The van der Waals surface area contributed by atoms with Crippen LogP contribution in [0.1, 0.15) is 6.42 Å². The van der Waals surface area contributed by atoms with Gasteiger partial charge < -0.3 is 9.64 Å². The first-order chi connectivity index (χ1) is 6.72. The molecule has 0 aromatic carbocycles. The van der Waals surface area contributed by atoms with Crippen molar-refractivity contribution in [1.82, 2.24) is 10.3 Å². The van der Waals surface area contributed by atoms with E-state index in [9.17, 15) is 0 Å². The fraction of sp³-hybridized carbons (Fsp3) is 0.889. The molecule has 3 N–H and O–H groups in total. The number of nitrogens with zero attached hydrogens (tertiary/aromatic N) is 2. The fourth-order valence-corrected chi connectivity index (χ4v) is 2.38. The molecular weight excluding hydrogens is 180 g/mol. The molecule has 1 aliphatic heterocycles. The standard InChI is InChI=1S/C9H18N4O/c1-11-8(12-10)13(2)5-9-3-7(9)4-14-6-9/h7H,3-6,10H2,1-2H3,(H,11,12). The van der Waals surface area contributed by atoms with Crippen molar-refractivity contribution < 1.29 is 4.74 Å². The molecule has 1 saturated heterocycles. The van der Waals surface area contributed by atoms with E-state index in [4.69, 9.17) is 10.6 Å². The predicted molar refractivity (Wildman–Crippen MR) is 54.7 cm³/mol. The molecule has 2 atom stereocenters. The molecule has 0 aromatic rings. The van der Waals surface area contributed by atoms with Crippen LogP contribution >= 0.6 is 0 Å². The number of hydrogen-bond donors (Lipinski definition) is 2. The van der Waals surface area contributed by atoms with Gasteiger partial charge in [0.15, 0.2) is 0 Å². The number of aliphatic imine (C=N–C) groups is 1. The molecule has 2 aliphatic rings. The summed E-state index contributed by atoms with van der Waals surface area (Å²) in [6.45, 7) is 2.81. The van der Waals surface area contributed by atoms with Crippen LogP contribution in [-0.2, 0) is 4.74 Å². The highest BCUT2D eigenvalue weighted by molar-refractivity contribution is 5.79. The maximum Gasteiger partial charge on any atom is 0.207 e. The largest absolute Gasteiger partial charge is 0.380 e. The number of hydrazine groups is 1. The summed E-state index contributed by atoms with van der Waals surface area (Å²) in [5.74, 6) is 6.86. The second kappa shape index (κ2) is 3.40. The molecule has 0 spiro atoms. The molecule has 0 radical (unpaired) electrons. The molecule has 0 bridgehead atoms. The minimum absolute atomic E-state index is 0.390. The highest BCUT2D eigenvalue weighted by atomic mass is 16.5. The Kier molecular flexibility index (Phi) is 2.36. The lowest BCUT2D eigenvalue weighted by molar-refractivity contribution is 0.140. The van der Waals surface area contributed by atoms with Gasteiger partial charge in [0.1, 0.15) is 0 Å². The van der Waals surface area contributed by atoms with Crippen molar-refractivity contribution in [3.8, 4) is 0 Å². The Balaban J connectivity index is 1.91. The smallest absolute Gasteiger partial charge is 0.207 e. The number of guanidine groups is 1. The van der Waals surface area contributed by atoms with Crippen molar-refractivity contribution in [2.45, 2.75) is 6.42 Å². The minimum Gasteiger partial charge on any atom is -0.380 e. The lowest BCUT2D eigenvalue weighted by Crippen LogP contribution is -2.45. The third kappa shape index (κ3) is 1.46. The van der Waals surface area contributed by atoms with E-state index in [1.54, 1.807) is 7.05 Å². The molecule has 0 amide bonds. The highest BCUT2D eigenvalue weighted by Crippen LogP contribution is 2.57. The van der Waals surface area contributed by atoms with Crippen LogP contribution in [0.4, 0.5) is 0 Å². The molecule has 2 rings (SSSR count). The maximum absolute atomic E-state index is 5.44. The van der Waals surface area contributed by atoms with Crippen LogP contribution in [0.25, 0.3) is 0 Å². The van der Waals surface area contributed by atoms with Crippen molar-refractivity contribution in [3.05, 3.63) is 0 Å². The lowest BCUT2D eigenvalue weighted by atomic mass is 10.1. The lowest BCUT2D eigenvalue weighted by Gasteiger charge is -2.24. The minimum atomic E-state index is 0.390. The molecule has 1 saturated carbocycles. The molecule has 1 aliphatic carbocycles. The van der Waals surface area contributed by atoms with E-state index >= 15 is 0 Å². The summed E-state index contributed by atoms with van der Waals surface area (Å²) in [6.07, 6.45) is 1.29. The van der Waals surface area contributed by atoms with Crippen LogP contribution in [0.2, 0.25) is 0 Å². The zero-order valence-electron chi connectivity index (χ0n) is 8.79. The number of rotatable bonds is 2. The van der Waals surface area contributed by atoms with Crippen LogP contribution < -0.4 is 11.3 Å². The summed E-state index contributed by atoms with van der Waals surface area (Å²) in [4.78, 5) is 6.13.